The minimum atomic E-state index is -1.34. The predicted octanol–water partition coefficient (Wildman–Crippen LogP) is 4.56. The van der Waals surface area contributed by atoms with Crippen molar-refractivity contribution in [2.24, 2.45) is 0 Å². The van der Waals surface area contributed by atoms with Gasteiger partial charge in [-0.25, -0.2) is 4.79 Å². The van der Waals surface area contributed by atoms with E-state index in [0.717, 1.165) is 9.13 Å². The van der Waals surface area contributed by atoms with Crippen LogP contribution in [0.1, 0.15) is 39.1 Å². The van der Waals surface area contributed by atoms with E-state index in [-0.39, 0.29) is 5.56 Å². The second kappa shape index (κ2) is 8.50. The molecule has 1 aliphatic heterocycles. The number of hydrogen-bond donors (Lipinski definition) is 2. The van der Waals surface area contributed by atoms with E-state index in [2.05, 4.69) is 27.9 Å². The quantitative estimate of drug-likeness (QED) is 0.489. The Bertz CT molecular complexity index is 1160. The fraction of sp³-hybridized carbons (Fsp3) is 0.125. The Balaban J connectivity index is 1.96. The summed E-state index contributed by atoms with van der Waals surface area (Å²) in [5, 5.41) is 13.0. The van der Waals surface area contributed by atoms with Gasteiger partial charge in [0.1, 0.15) is 6.04 Å². The summed E-state index contributed by atoms with van der Waals surface area (Å²) >= 11 is 2.08. The first kappa shape index (κ1) is 21.0. The van der Waals surface area contributed by atoms with Crippen LogP contribution in [-0.2, 0) is 9.59 Å². The number of carbonyl (C=O) groups excluding carboxylic acids is 2. The number of nitrogens with zero attached hydrogens (tertiary/aromatic N) is 1. The highest BCUT2D eigenvalue weighted by atomic mass is 127. The van der Waals surface area contributed by atoms with Crippen LogP contribution < -0.4 is 5.32 Å². The molecule has 1 heterocycles. The Kier molecular flexibility index (Phi) is 5.77. The minimum absolute atomic E-state index is 0.261. The number of carboxylic acids is 1. The molecule has 3 aromatic carbocycles. The van der Waals surface area contributed by atoms with E-state index in [9.17, 15) is 19.5 Å². The monoisotopic (exact) mass is 526 g/mol. The van der Waals surface area contributed by atoms with E-state index in [1.165, 1.54) is 4.90 Å². The molecule has 7 heteroatoms. The van der Waals surface area contributed by atoms with Gasteiger partial charge < -0.3 is 15.3 Å². The van der Waals surface area contributed by atoms with E-state index in [1.54, 1.807) is 60.7 Å². The Morgan fingerprint density at radius 2 is 1.71 bits per heavy atom. The standard InChI is InChI=1S/C24H19IN2O4/c1-14-7-9-16(10-8-14)20-22(28)26-19-12-11-17(25)13-18(19)23(29)27(20)21(24(30)31)15-5-3-2-4-6-15/h2-13,20-21H,1H3,(H,26,28)(H,30,31)/t20-,21-/m0/s1. The fourth-order valence-corrected chi connectivity index (χ4v) is 4.26. The number of nitrogens with one attached hydrogen (secondary N) is 1. The van der Waals surface area contributed by atoms with Gasteiger partial charge in [0.05, 0.1) is 11.3 Å². The number of fused-ring (bicyclic) bond motifs is 1. The molecule has 1 aliphatic rings. The number of anilines is 1. The highest BCUT2D eigenvalue weighted by Crippen LogP contribution is 2.38. The van der Waals surface area contributed by atoms with Gasteiger partial charge in [-0.05, 0) is 58.8 Å². The molecule has 0 saturated heterocycles. The van der Waals surface area contributed by atoms with Crippen LogP contribution in [-0.4, -0.2) is 27.8 Å². The first-order valence-electron chi connectivity index (χ1n) is 9.64. The Morgan fingerprint density at radius 3 is 2.35 bits per heavy atom. The molecule has 156 valence electrons. The highest BCUT2D eigenvalue weighted by Gasteiger charge is 2.43. The van der Waals surface area contributed by atoms with E-state index < -0.39 is 29.9 Å². The van der Waals surface area contributed by atoms with Crippen molar-refractivity contribution in [3.63, 3.8) is 0 Å². The summed E-state index contributed by atoms with van der Waals surface area (Å²) < 4.78 is 0.805. The van der Waals surface area contributed by atoms with Gasteiger partial charge in [0, 0.05) is 3.57 Å². The molecular formula is C24H19IN2O4. The topological polar surface area (TPSA) is 86.7 Å². The van der Waals surface area contributed by atoms with Crippen molar-refractivity contribution in [3.8, 4) is 0 Å². The van der Waals surface area contributed by atoms with Gasteiger partial charge in [-0.15, -0.1) is 0 Å². The number of hydrogen-bond acceptors (Lipinski definition) is 3. The Labute approximate surface area is 193 Å². The Morgan fingerprint density at radius 1 is 1.03 bits per heavy atom. The van der Waals surface area contributed by atoms with Crippen LogP contribution in [0.4, 0.5) is 5.69 Å². The average molecular weight is 526 g/mol. The number of aliphatic carboxylic acids is 1. The molecule has 2 N–H and O–H groups in total. The van der Waals surface area contributed by atoms with Crippen LogP contribution in [0.3, 0.4) is 0 Å². The average Bonchev–Trinajstić information content (AvgIpc) is 2.85. The lowest BCUT2D eigenvalue weighted by atomic mass is 9.97. The van der Waals surface area contributed by atoms with Gasteiger partial charge in [0.2, 0.25) is 0 Å². The highest BCUT2D eigenvalue weighted by molar-refractivity contribution is 14.1. The van der Waals surface area contributed by atoms with Crippen LogP contribution in [0, 0.1) is 10.5 Å². The van der Waals surface area contributed by atoms with Gasteiger partial charge in [-0.2, -0.15) is 0 Å². The summed E-state index contributed by atoms with van der Waals surface area (Å²) in [6, 6.07) is 18.3. The van der Waals surface area contributed by atoms with Crippen LogP contribution >= 0.6 is 22.6 Å². The lowest BCUT2D eigenvalue weighted by Crippen LogP contribution is -2.44. The molecule has 2 amide bonds. The largest absolute Gasteiger partial charge is 0.479 e. The molecule has 31 heavy (non-hydrogen) atoms. The van der Waals surface area contributed by atoms with Gasteiger partial charge in [0.25, 0.3) is 11.8 Å². The molecule has 0 unspecified atom stereocenters. The molecule has 0 aliphatic carbocycles. The van der Waals surface area contributed by atoms with Crippen LogP contribution in [0.2, 0.25) is 0 Å². The normalized spacial score (nSPS) is 16.8. The number of aryl methyl sites for hydroxylation is 1. The minimum Gasteiger partial charge on any atom is -0.479 e. The second-order valence-corrected chi connectivity index (χ2v) is 8.60. The molecule has 6 nitrogen and oxygen atoms in total. The van der Waals surface area contributed by atoms with Crippen molar-refractivity contribution in [2.75, 3.05) is 5.32 Å². The van der Waals surface area contributed by atoms with Crippen molar-refractivity contribution in [1.82, 2.24) is 4.90 Å². The summed E-state index contributed by atoms with van der Waals surface area (Å²) in [6.07, 6.45) is 0. The summed E-state index contributed by atoms with van der Waals surface area (Å²) in [5.41, 5.74) is 2.58. The van der Waals surface area contributed by atoms with Crippen molar-refractivity contribution in [3.05, 3.63) is 98.6 Å². The number of carbonyl (C=O) groups is 3. The van der Waals surface area contributed by atoms with E-state index in [1.807, 2.05) is 19.1 Å². The van der Waals surface area contributed by atoms with Crippen molar-refractivity contribution in [1.29, 1.82) is 0 Å². The maximum Gasteiger partial charge on any atom is 0.331 e. The van der Waals surface area contributed by atoms with E-state index >= 15 is 0 Å². The summed E-state index contributed by atoms with van der Waals surface area (Å²) in [5.74, 6) is -2.19. The van der Waals surface area contributed by atoms with Crippen molar-refractivity contribution < 1.29 is 19.5 Å². The molecule has 0 fully saturated rings. The third-order valence-electron chi connectivity index (χ3n) is 5.25. The second-order valence-electron chi connectivity index (χ2n) is 7.36. The van der Waals surface area contributed by atoms with Crippen molar-refractivity contribution >= 4 is 46.1 Å². The first-order chi connectivity index (χ1) is 14.9. The zero-order chi connectivity index (χ0) is 22.1. The molecule has 3 aromatic rings. The lowest BCUT2D eigenvalue weighted by Gasteiger charge is -2.34. The van der Waals surface area contributed by atoms with Crippen LogP contribution in [0.5, 0.6) is 0 Å². The number of carboxylic acid groups (broad SMARTS) is 1. The number of rotatable bonds is 4. The summed E-state index contributed by atoms with van der Waals surface area (Å²) in [7, 11) is 0. The van der Waals surface area contributed by atoms with Crippen LogP contribution in [0.15, 0.2) is 72.8 Å². The lowest BCUT2D eigenvalue weighted by molar-refractivity contribution is -0.144. The molecule has 2 atom stereocenters. The zero-order valence-electron chi connectivity index (χ0n) is 16.6. The molecule has 0 saturated carbocycles. The summed E-state index contributed by atoms with van der Waals surface area (Å²) in [4.78, 5) is 40.8. The maximum atomic E-state index is 13.8. The van der Waals surface area contributed by atoms with Gasteiger partial charge in [-0.3, -0.25) is 9.59 Å². The number of halogens is 1. The third kappa shape index (κ3) is 4.05. The first-order valence-corrected chi connectivity index (χ1v) is 10.7. The molecular weight excluding hydrogens is 507 g/mol. The third-order valence-corrected chi connectivity index (χ3v) is 5.92. The number of benzene rings is 3. The van der Waals surface area contributed by atoms with Gasteiger partial charge in [-0.1, -0.05) is 60.2 Å². The van der Waals surface area contributed by atoms with Gasteiger partial charge in [0.15, 0.2) is 6.04 Å². The van der Waals surface area contributed by atoms with Crippen molar-refractivity contribution in [2.45, 2.75) is 19.0 Å². The maximum absolute atomic E-state index is 13.8. The molecule has 0 radical (unpaired) electrons. The SMILES string of the molecule is Cc1ccc([C@H]2C(=O)Nc3ccc(I)cc3C(=O)N2[C@H](C(=O)O)c2ccccc2)cc1. The van der Waals surface area contributed by atoms with Crippen LogP contribution in [0.25, 0.3) is 0 Å². The smallest absolute Gasteiger partial charge is 0.331 e. The number of amides is 2. The molecule has 0 aromatic heterocycles. The summed E-state index contributed by atoms with van der Waals surface area (Å²) in [6.45, 7) is 1.92. The fourth-order valence-electron chi connectivity index (χ4n) is 3.77. The predicted molar refractivity (Wildman–Crippen MR) is 125 cm³/mol. The molecule has 0 bridgehead atoms. The molecule has 0 spiro atoms. The molecule has 4 rings (SSSR count). The van der Waals surface area contributed by atoms with E-state index in [4.69, 9.17) is 0 Å². The zero-order valence-corrected chi connectivity index (χ0v) is 18.7. The Hall–Kier alpha value is -3.20. The van der Waals surface area contributed by atoms with E-state index in [0.29, 0.717) is 16.8 Å². The van der Waals surface area contributed by atoms with Gasteiger partial charge >= 0.3 is 5.97 Å².